The van der Waals surface area contributed by atoms with Gasteiger partial charge >= 0.3 is 6.01 Å². The first kappa shape index (κ1) is 23.6. The van der Waals surface area contributed by atoms with E-state index in [1.807, 2.05) is 43.9 Å². The molecule has 1 amide bonds. The highest BCUT2D eigenvalue weighted by Gasteiger charge is 2.47. The Hall–Kier alpha value is -3.55. The van der Waals surface area contributed by atoms with Crippen molar-refractivity contribution in [1.29, 1.82) is 0 Å². The van der Waals surface area contributed by atoms with E-state index < -0.39 is 0 Å². The van der Waals surface area contributed by atoms with E-state index in [-0.39, 0.29) is 11.9 Å². The van der Waals surface area contributed by atoms with Crippen LogP contribution in [0.5, 0.6) is 6.01 Å². The van der Waals surface area contributed by atoms with Crippen molar-refractivity contribution in [2.45, 2.75) is 46.1 Å². The van der Waals surface area contributed by atoms with Gasteiger partial charge in [0.2, 0.25) is 0 Å². The molecule has 2 aromatic rings. The molecule has 1 aliphatic heterocycles. The maximum absolute atomic E-state index is 13.8. The number of piperidine rings is 1. The number of hydrogen-bond acceptors (Lipinski definition) is 7. The summed E-state index contributed by atoms with van der Waals surface area (Å²) in [5.74, 6) is 1.19. The summed E-state index contributed by atoms with van der Waals surface area (Å²) in [7, 11) is 0. The summed E-state index contributed by atoms with van der Waals surface area (Å²) in [5.41, 5.74) is 9.41. The molecule has 3 atom stereocenters. The fourth-order valence-corrected chi connectivity index (χ4v) is 4.61. The Balaban J connectivity index is 1.51. The standard InChI is InChI=1S/C26H32N6O2/c1-16-6-7-23(19(4)28-10-5-9-27)24(29-16)25(33)32-15-21-13-20(21)14-22(32)8-11-34-26-30-17(2)12-18(3)31-26/h5-7,9-10,12,20-22H,4,8,11,13-15,27H2,1-3H3/b9-5-,28-10?/t20-,21+,22-/m1/s1. The Morgan fingerprint density at radius 2 is 1.94 bits per heavy atom. The van der Waals surface area contributed by atoms with Crippen LogP contribution in [-0.4, -0.2) is 51.2 Å². The molecule has 178 valence electrons. The van der Waals surface area contributed by atoms with Crippen LogP contribution >= 0.6 is 0 Å². The van der Waals surface area contributed by atoms with E-state index in [1.54, 1.807) is 12.3 Å². The second kappa shape index (κ2) is 10.2. The third-order valence-corrected chi connectivity index (χ3v) is 6.40. The quantitative estimate of drug-likeness (QED) is 0.603. The van der Waals surface area contributed by atoms with E-state index in [1.165, 1.54) is 12.6 Å². The maximum atomic E-state index is 13.8. The minimum Gasteiger partial charge on any atom is -0.463 e. The van der Waals surface area contributed by atoms with Crippen LogP contribution in [0.25, 0.3) is 5.70 Å². The second-order valence-electron chi connectivity index (χ2n) is 9.13. The number of carbonyl (C=O) groups is 1. The third-order valence-electron chi connectivity index (χ3n) is 6.40. The molecule has 0 radical (unpaired) electrons. The number of aryl methyl sites for hydroxylation is 3. The first-order chi connectivity index (χ1) is 16.4. The zero-order chi connectivity index (χ0) is 24.2. The molecule has 0 spiro atoms. The summed E-state index contributed by atoms with van der Waals surface area (Å²) in [6, 6.07) is 6.11. The number of hydrogen-bond donors (Lipinski definition) is 1. The van der Waals surface area contributed by atoms with Gasteiger partial charge in [-0.1, -0.05) is 6.58 Å². The van der Waals surface area contributed by atoms with Crippen molar-refractivity contribution in [3.05, 3.63) is 65.4 Å². The first-order valence-corrected chi connectivity index (χ1v) is 11.7. The number of aromatic nitrogens is 3. The summed E-state index contributed by atoms with van der Waals surface area (Å²) in [6.45, 7) is 11.0. The van der Waals surface area contributed by atoms with Crippen molar-refractivity contribution in [3.63, 3.8) is 0 Å². The lowest BCUT2D eigenvalue weighted by molar-refractivity contribution is 0.0557. The minimum atomic E-state index is -0.0811. The van der Waals surface area contributed by atoms with Gasteiger partial charge in [-0.05, 0) is 75.9 Å². The number of pyridine rings is 1. The molecule has 1 saturated carbocycles. The fourth-order valence-electron chi connectivity index (χ4n) is 4.61. The van der Waals surface area contributed by atoms with Gasteiger partial charge in [-0.3, -0.25) is 9.79 Å². The van der Waals surface area contributed by atoms with Crippen molar-refractivity contribution in [2.24, 2.45) is 22.6 Å². The Morgan fingerprint density at radius 1 is 1.18 bits per heavy atom. The largest absolute Gasteiger partial charge is 0.463 e. The molecule has 2 aromatic heterocycles. The molecule has 0 unspecified atom stereocenters. The number of aliphatic imine (C=N–C) groups is 1. The Labute approximate surface area is 200 Å². The van der Waals surface area contributed by atoms with E-state index in [0.717, 1.165) is 30.0 Å². The molecular weight excluding hydrogens is 428 g/mol. The molecule has 8 heteroatoms. The molecule has 34 heavy (non-hydrogen) atoms. The predicted molar refractivity (Wildman–Crippen MR) is 132 cm³/mol. The number of carbonyl (C=O) groups excluding carboxylic acids is 1. The van der Waals surface area contributed by atoms with Gasteiger partial charge in [0.1, 0.15) is 5.69 Å². The molecule has 1 aliphatic carbocycles. The van der Waals surface area contributed by atoms with Gasteiger partial charge in [-0.15, -0.1) is 0 Å². The number of nitrogens with two attached hydrogens (primary N) is 1. The van der Waals surface area contributed by atoms with Crippen LogP contribution in [0.1, 0.15) is 52.4 Å². The molecule has 0 aromatic carbocycles. The molecule has 0 bridgehead atoms. The molecule has 1 saturated heterocycles. The predicted octanol–water partition coefficient (Wildman–Crippen LogP) is 3.63. The number of ether oxygens (including phenoxy) is 1. The average Bonchev–Trinajstić information content (AvgIpc) is 3.56. The van der Waals surface area contributed by atoms with Crippen molar-refractivity contribution < 1.29 is 9.53 Å². The monoisotopic (exact) mass is 460 g/mol. The van der Waals surface area contributed by atoms with Gasteiger partial charge in [0, 0.05) is 47.9 Å². The van der Waals surface area contributed by atoms with Gasteiger partial charge in [0.15, 0.2) is 0 Å². The normalized spacial score (nSPS) is 21.6. The van der Waals surface area contributed by atoms with Gasteiger partial charge < -0.3 is 15.4 Å². The van der Waals surface area contributed by atoms with Crippen LogP contribution in [-0.2, 0) is 0 Å². The lowest BCUT2D eigenvalue weighted by Gasteiger charge is -2.35. The Kier molecular flexibility index (Phi) is 7.05. The van der Waals surface area contributed by atoms with E-state index in [4.69, 9.17) is 10.5 Å². The van der Waals surface area contributed by atoms with Crippen LogP contribution in [0.3, 0.4) is 0 Å². The number of rotatable bonds is 8. The summed E-state index contributed by atoms with van der Waals surface area (Å²) in [4.78, 5) is 33.4. The highest BCUT2D eigenvalue weighted by Crippen LogP contribution is 2.48. The fraction of sp³-hybridized carbons (Fsp3) is 0.423. The number of allylic oxidation sites excluding steroid dienone is 1. The molecule has 3 heterocycles. The summed E-state index contributed by atoms with van der Waals surface area (Å²) in [5, 5.41) is 0. The molecule has 2 N–H and O–H groups in total. The number of nitrogens with zero attached hydrogens (tertiary/aromatic N) is 5. The summed E-state index contributed by atoms with van der Waals surface area (Å²) < 4.78 is 5.86. The SMILES string of the molecule is C=C(N=C/C=C\N)c1ccc(C)nc1C(=O)N1C[C@@H]2C[C@@H]2C[C@H]1CCOc1nc(C)cc(C)n1. The highest BCUT2D eigenvalue weighted by atomic mass is 16.5. The second-order valence-corrected chi connectivity index (χ2v) is 9.13. The lowest BCUT2D eigenvalue weighted by Crippen LogP contribution is -2.46. The number of likely N-dealkylation sites (tertiary alicyclic amines) is 1. The molecule has 4 rings (SSSR count). The van der Waals surface area contributed by atoms with E-state index in [9.17, 15) is 4.79 Å². The van der Waals surface area contributed by atoms with Crippen molar-refractivity contribution >= 4 is 17.8 Å². The van der Waals surface area contributed by atoms with Crippen molar-refractivity contribution in [2.75, 3.05) is 13.2 Å². The Bertz CT molecular complexity index is 1120. The molecule has 8 nitrogen and oxygen atoms in total. The number of amides is 1. The first-order valence-electron chi connectivity index (χ1n) is 11.7. The zero-order valence-corrected chi connectivity index (χ0v) is 20.1. The zero-order valence-electron chi connectivity index (χ0n) is 20.1. The van der Waals surface area contributed by atoms with Crippen LogP contribution < -0.4 is 10.5 Å². The molecule has 2 aliphatic rings. The minimum absolute atomic E-state index is 0.0780. The average molecular weight is 461 g/mol. The summed E-state index contributed by atoms with van der Waals surface area (Å²) in [6.07, 6.45) is 7.44. The summed E-state index contributed by atoms with van der Waals surface area (Å²) >= 11 is 0. The Morgan fingerprint density at radius 3 is 2.68 bits per heavy atom. The highest BCUT2D eigenvalue weighted by molar-refractivity contribution is 5.98. The van der Waals surface area contributed by atoms with E-state index >= 15 is 0 Å². The topological polar surface area (TPSA) is 107 Å². The van der Waals surface area contributed by atoms with Gasteiger partial charge in [0.25, 0.3) is 5.91 Å². The van der Waals surface area contributed by atoms with Crippen LogP contribution in [0.15, 0.2) is 42.0 Å². The third kappa shape index (κ3) is 5.50. The van der Waals surface area contributed by atoms with Gasteiger partial charge in [0.05, 0.1) is 12.3 Å². The lowest BCUT2D eigenvalue weighted by atomic mass is 9.98. The number of fused-ring (bicyclic) bond motifs is 1. The van der Waals surface area contributed by atoms with Crippen LogP contribution in [0, 0.1) is 32.6 Å². The maximum Gasteiger partial charge on any atom is 0.316 e. The van der Waals surface area contributed by atoms with E-state index in [2.05, 4.69) is 26.5 Å². The molecular formula is C26H32N6O2. The van der Waals surface area contributed by atoms with Gasteiger partial charge in [-0.25, -0.2) is 15.0 Å². The smallest absolute Gasteiger partial charge is 0.316 e. The van der Waals surface area contributed by atoms with Crippen LogP contribution in [0.4, 0.5) is 0 Å². The van der Waals surface area contributed by atoms with Crippen molar-refractivity contribution in [1.82, 2.24) is 19.9 Å². The van der Waals surface area contributed by atoms with Crippen LogP contribution in [0.2, 0.25) is 0 Å². The molecule has 2 fully saturated rings. The van der Waals surface area contributed by atoms with Crippen molar-refractivity contribution in [3.8, 4) is 6.01 Å². The van der Waals surface area contributed by atoms with Gasteiger partial charge in [-0.2, -0.15) is 0 Å². The van der Waals surface area contributed by atoms with E-state index in [0.29, 0.717) is 47.8 Å².